The molecule has 0 amide bonds. The average Bonchev–Trinajstić information content (AvgIpc) is 2.75. The summed E-state index contributed by atoms with van der Waals surface area (Å²) in [6.07, 6.45) is 4.97. The Morgan fingerprint density at radius 1 is 1.00 bits per heavy atom. The first-order chi connectivity index (χ1) is 14.5. The van der Waals surface area contributed by atoms with E-state index >= 15 is 0 Å². The van der Waals surface area contributed by atoms with Crippen LogP contribution in [0.1, 0.15) is 12.5 Å². The highest BCUT2D eigenvalue weighted by atomic mass is 32.2. The molecule has 3 aromatic rings. The lowest BCUT2D eigenvalue weighted by atomic mass is 10.0. The molecule has 0 heterocycles. The van der Waals surface area contributed by atoms with Crippen LogP contribution in [0.4, 0.5) is 8.78 Å². The molecule has 0 unspecified atom stereocenters. The molecule has 6 heteroatoms. The molecule has 3 rings (SSSR count). The highest BCUT2D eigenvalue weighted by Gasteiger charge is 2.12. The minimum Gasteiger partial charge on any atom is -0.463 e. The van der Waals surface area contributed by atoms with Gasteiger partial charge in [-0.25, -0.2) is 13.6 Å². The summed E-state index contributed by atoms with van der Waals surface area (Å²) in [7, 11) is 0. The molecular formula is C24H20F2O3S. The van der Waals surface area contributed by atoms with Crippen LogP contribution in [0.5, 0.6) is 11.5 Å². The fourth-order valence-corrected chi connectivity index (χ4v) is 3.18. The van der Waals surface area contributed by atoms with Crippen molar-refractivity contribution < 1.29 is 23.0 Å². The Balaban J connectivity index is 2.00. The van der Waals surface area contributed by atoms with E-state index in [-0.39, 0.29) is 5.75 Å². The number of halogens is 2. The van der Waals surface area contributed by atoms with Gasteiger partial charge in [0, 0.05) is 22.6 Å². The van der Waals surface area contributed by atoms with Crippen LogP contribution in [0, 0.1) is 11.6 Å². The summed E-state index contributed by atoms with van der Waals surface area (Å²) in [4.78, 5) is 12.7. The van der Waals surface area contributed by atoms with Gasteiger partial charge in [0.1, 0.15) is 11.6 Å². The van der Waals surface area contributed by atoms with Crippen molar-refractivity contribution in [1.82, 2.24) is 0 Å². The van der Waals surface area contributed by atoms with E-state index in [1.54, 1.807) is 36.9 Å². The Hall–Kier alpha value is -3.12. The smallest absolute Gasteiger partial charge is 0.330 e. The first-order valence-electron chi connectivity index (χ1n) is 9.26. The second-order valence-corrected chi connectivity index (χ2v) is 7.13. The van der Waals surface area contributed by atoms with Gasteiger partial charge in [0.05, 0.1) is 6.61 Å². The molecule has 0 aromatic heterocycles. The van der Waals surface area contributed by atoms with E-state index in [1.807, 2.05) is 36.6 Å². The Bertz CT molecular complexity index is 1060. The highest BCUT2D eigenvalue weighted by Crippen LogP contribution is 2.36. The summed E-state index contributed by atoms with van der Waals surface area (Å²) in [5.41, 5.74) is 2.31. The molecule has 0 aliphatic rings. The predicted molar refractivity (Wildman–Crippen MR) is 116 cm³/mol. The van der Waals surface area contributed by atoms with Crippen LogP contribution >= 0.6 is 11.8 Å². The van der Waals surface area contributed by atoms with Gasteiger partial charge in [0.2, 0.25) is 0 Å². The van der Waals surface area contributed by atoms with Crippen molar-refractivity contribution >= 4 is 23.8 Å². The number of carbonyl (C=O) groups excluding carboxylic acids is 1. The normalized spacial score (nSPS) is 10.9. The van der Waals surface area contributed by atoms with Crippen LogP contribution in [0.2, 0.25) is 0 Å². The zero-order valence-electron chi connectivity index (χ0n) is 16.5. The van der Waals surface area contributed by atoms with Crippen molar-refractivity contribution in [2.45, 2.75) is 11.8 Å². The first-order valence-corrected chi connectivity index (χ1v) is 10.5. The fraction of sp³-hybridized carbons (Fsp3) is 0.125. The van der Waals surface area contributed by atoms with Gasteiger partial charge in [-0.1, -0.05) is 18.2 Å². The molecule has 0 atom stereocenters. The number of hydrogen-bond acceptors (Lipinski definition) is 4. The van der Waals surface area contributed by atoms with Crippen molar-refractivity contribution in [2.24, 2.45) is 0 Å². The molecule has 0 aliphatic heterocycles. The molecule has 0 N–H and O–H groups in total. The third-order valence-corrected chi connectivity index (χ3v) is 4.96. The number of carbonyl (C=O) groups is 1. The van der Waals surface area contributed by atoms with Crippen LogP contribution in [0.3, 0.4) is 0 Å². The third kappa shape index (κ3) is 5.48. The number of hydrogen-bond donors (Lipinski definition) is 0. The van der Waals surface area contributed by atoms with E-state index in [4.69, 9.17) is 9.47 Å². The van der Waals surface area contributed by atoms with Crippen LogP contribution in [0.25, 0.3) is 17.2 Å². The third-order valence-electron chi connectivity index (χ3n) is 4.22. The number of ether oxygens (including phenoxy) is 2. The van der Waals surface area contributed by atoms with E-state index in [0.717, 1.165) is 28.2 Å². The van der Waals surface area contributed by atoms with E-state index in [0.29, 0.717) is 17.9 Å². The van der Waals surface area contributed by atoms with Crippen molar-refractivity contribution in [3.05, 3.63) is 83.9 Å². The standard InChI is InChI=1S/C24H20F2O3S/c1-3-28-24(27)13-5-16-4-11-22(29-23-12-8-18(25)15-21(23)26)20(14-16)17-6-9-19(30-2)10-7-17/h4-15H,3H2,1-2H3. The molecule has 0 saturated heterocycles. The summed E-state index contributed by atoms with van der Waals surface area (Å²) in [5, 5.41) is 0. The van der Waals surface area contributed by atoms with Crippen molar-refractivity contribution in [2.75, 3.05) is 12.9 Å². The van der Waals surface area contributed by atoms with Gasteiger partial charge in [-0.15, -0.1) is 11.8 Å². The highest BCUT2D eigenvalue weighted by molar-refractivity contribution is 7.98. The average molecular weight is 426 g/mol. The van der Waals surface area contributed by atoms with E-state index in [9.17, 15) is 13.6 Å². The van der Waals surface area contributed by atoms with Gasteiger partial charge in [0.15, 0.2) is 11.6 Å². The Labute approximate surface area is 178 Å². The van der Waals surface area contributed by atoms with Crippen LogP contribution in [-0.2, 0) is 9.53 Å². The van der Waals surface area contributed by atoms with E-state index < -0.39 is 17.6 Å². The molecule has 3 aromatic carbocycles. The first kappa shape index (κ1) is 21.6. The fourth-order valence-electron chi connectivity index (χ4n) is 2.77. The Kier molecular flexibility index (Phi) is 7.25. The van der Waals surface area contributed by atoms with Crippen LogP contribution in [-0.4, -0.2) is 18.8 Å². The van der Waals surface area contributed by atoms with E-state index in [2.05, 4.69) is 0 Å². The summed E-state index contributed by atoms with van der Waals surface area (Å²) >= 11 is 1.62. The summed E-state index contributed by atoms with van der Waals surface area (Å²) < 4.78 is 38.0. The molecule has 0 radical (unpaired) electrons. The molecule has 0 bridgehead atoms. The number of thioether (sulfide) groups is 1. The Morgan fingerprint density at radius 3 is 2.40 bits per heavy atom. The minimum absolute atomic E-state index is 0.0757. The lowest BCUT2D eigenvalue weighted by Gasteiger charge is -2.13. The molecule has 30 heavy (non-hydrogen) atoms. The molecular weight excluding hydrogens is 406 g/mol. The van der Waals surface area contributed by atoms with E-state index in [1.165, 1.54) is 12.1 Å². The molecule has 3 nitrogen and oxygen atoms in total. The second kappa shape index (κ2) is 10.1. The zero-order chi connectivity index (χ0) is 21.5. The SMILES string of the molecule is CCOC(=O)C=Cc1ccc(Oc2ccc(F)cc2F)c(-c2ccc(SC)cc2)c1. The largest absolute Gasteiger partial charge is 0.463 e. The van der Waals surface area contributed by atoms with Gasteiger partial charge >= 0.3 is 5.97 Å². The maximum absolute atomic E-state index is 14.1. The maximum Gasteiger partial charge on any atom is 0.330 e. The molecule has 0 fully saturated rings. The number of rotatable bonds is 7. The summed E-state index contributed by atoms with van der Waals surface area (Å²) in [6, 6.07) is 16.3. The summed E-state index contributed by atoms with van der Waals surface area (Å²) in [6.45, 7) is 2.04. The molecule has 0 saturated carbocycles. The van der Waals surface area contributed by atoms with Gasteiger partial charge < -0.3 is 9.47 Å². The quantitative estimate of drug-likeness (QED) is 0.239. The van der Waals surface area contributed by atoms with Crippen LogP contribution in [0.15, 0.2) is 71.6 Å². The Morgan fingerprint density at radius 2 is 1.73 bits per heavy atom. The maximum atomic E-state index is 14.1. The monoisotopic (exact) mass is 426 g/mol. The van der Waals surface area contributed by atoms with Crippen molar-refractivity contribution in [3.8, 4) is 22.6 Å². The number of esters is 1. The second-order valence-electron chi connectivity index (χ2n) is 6.25. The predicted octanol–water partition coefficient (Wildman–Crippen LogP) is 6.72. The minimum atomic E-state index is -0.787. The van der Waals surface area contributed by atoms with Crippen molar-refractivity contribution in [1.29, 1.82) is 0 Å². The summed E-state index contributed by atoms with van der Waals surface area (Å²) in [5.74, 6) is -1.56. The molecule has 154 valence electrons. The van der Waals surface area contributed by atoms with Gasteiger partial charge in [-0.3, -0.25) is 0 Å². The van der Waals surface area contributed by atoms with Gasteiger partial charge in [-0.2, -0.15) is 0 Å². The zero-order valence-corrected chi connectivity index (χ0v) is 17.3. The topological polar surface area (TPSA) is 35.5 Å². The van der Waals surface area contributed by atoms with Gasteiger partial charge in [0.25, 0.3) is 0 Å². The lowest BCUT2D eigenvalue weighted by Crippen LogP contribution is -1.98. The van der Waals surface area contributed by atoms with Crippen LogP contribution < -0.4 is 4.74 Å². The lowest BCUT2D eigenvalue weighted by molar-refractivity contribution is -0.137. The molecule has 0 aliphatic carbocycles. The van der Waals surface area contributed by atoms with Gasteiger partial charge in [-0.05, 0) is 66.8 Å². The van der Waals surface area contributed by atoms with Crippen molar-refractivity contribution in [3.63, 3.8) is 0 Å². The number of benzene rings is 3. The molecule has 0 spiro atoms.